The maximum atomic E-state index is 14.1. The van der Waals surface area contributed by atoms with Gasteiger partial charge in [0.05, 0.1) is 22.5 Å². The van der Waals surface area contributed by atoms with E-state index in [1.54, 1.807) is 23.9 Å². The van der Waals surface area contributed by atoms with Gasteiger partial charge in [-0.3, -0.25) is 24.1 Å². The first kappa shape index (κ1) is 31.3. The molecule has 3 fully saturated rings. The van der Waals surface area contributed by atoms with Crippen molar-refractivity contribution in [2.45, 2.75) is 22.6 Å². The summed E-state index contributed by atoms with van der Waals surface area (Å²) in [5, 5.41) is 5.80. The number of benzene rings is 4. The number of nitrogens with one attached hydrogen (secondary N) is 2. The third-order valence-electron chi connectivity index (χ3n) is 10.5. The van der Waals surface area contributed by atoms with Gasteiger partial charge in [0.2, 0.25) is 11.8 Å². The maximum Gasteiger partial charge on any atom is 0.305 e. The minimum atomic E-state index is -0.425. The van der Waals surface area contributed by atoms with Crippen molar-refractivity contribution in [3.8, 4) is 5.75 Å². The van der Waals surface area contributed by atoms with Crippen LogP contribution in [0.15, 0.2) is 104 Å². The molecule has 2 aliphatic heterocycles. The average molecular weight is 818 g/mol. The Labute approximate surface area is 305 Å². The van der Waals surface area contributed by atoms with Gasteiger partial charge in [0.15, 0.2) is 6.61 Å². The van der Waals surface area contributed by atoms with E-state index in [0.717, 1.165) is 41.6 Å². The molecule has 2 bridgehead atoms. The Morgan fingerprint density at radius 1 is 0.898 bits per heavy atom. The second-order valence-electron chi connectivity index (χ2n) is 13.0. The van der Waals surface area contributed by atoms with Crippen LogP contribution in [0.2, 0.25) is 0 Å². The zero-order chi connectivity index (χ0) is 33.6. The number of H-pyrrole nitrogens is 1. The van der Waals surface area contributed by atoms with E-state index in [9.17, 15) is 19.2 Å². The number of hydrogen-bond acceptors (Lipinski definition) is 7. The number of imide groups is 1. The lowest BCUT2D eigenvalue weighted by Crippen LogP contribution is -2.42. The quantitative estimate of drug-likeness (QED) is 0.170. The van der Waals surface area contributed by atoms with Crippen LogP contribution in [-0.2, 0) is 14.4 Å². The number of nitrogens with zero attached hydrogens (tertiary/aromatic N) is 1. The van der Waals surface area contributed by atoms with Crippen molar-refractivity contribution in [3.63, 3.8) is 0 Å². The lowest BCUT2D eigenvalue weighted by atomic mass is 9.68. The Kier molecular flexibility index (Phi) is 7.64. The van der Waals surface area contributed by atoms with E-state index in [4.69, 9.17) is 4.74 Å². The molecule has 1 saturated heterocycles. The lowest BCUT2D eigenvalue weighted by molar-refractivity contribution is -0.123. The number of ether oxygens (including phenoxy) is 1. The van der Waals surface area contributed by atoms with E-state index in [2.05, 4.69) is 42.2 Å². The third-order valence-corrected chi connectivity index (χ3v) is 14.1. The van der Waals surface area contributed by atoms with Gasteiger partial charge in [0.25, 0.3) is 5.91 Å². The molecule has 12 heteroatoms. The largest absolute Gasteiger partial charge is 0.483 e. The van der Waals surface area contributed by atoms with E-state index in [1.165, 1.54) is 16.2 Å². The smallest absolute Gasteiger partial charge is 0.305 e. The normalized spacial score (nSPS) is 26.5. The molecule has 4 aromatic carbocycles. The molecule has 246 valence electrons. The van der Waals surface area contributed by atoms with E-state index in [0.29, 0.717) is 17.1 Å². The second-order valence-corrected chi connectivity index (χ2v) is 17.0. The molecule has 2 aliphatic carbocycles. The Morgan fingerprint density at radius 3 is 2.45 bits per heavy atom. The van der Waals surface area contributed by atoms with Crippen molar-refractivity contribution in [2.75, 3.05) is 16.8 Å². The van der Waals surface area contributed by atoms with Crippen molar-refractivity contribution in [3.05, 3.63) is 114 Å². The first-order valence-corrected chi connectivity index (χ1v) is 19.3. The molecule has 3 amide bonds. The lowest BCUT2D eigenvalue weighted by Gasteiger charge is -2.43. The van der Waals surface area contributed by atoms with E-state index < -0.39 is 11.8 Å². The predicted molar refractivity (Wildman–Crippen MR) is 197 cm³/mol. The number of hydrogen-bond donors (Lipinski definition) is 2. The van der Waals surface area contributed by atoms with Crippen LogP contribution in [-0.4, -0.2) is 34.6 Å². The first-order valence-electron chi connectivity index (χ1n) is 16.0. The SMILES string of the molecule is O=C(COc1ccc(Br)cc1[C@H]1c2sc(=O)[nH]c2SC2C3CC(C4C(=O)N(c5ccc(Br)cc5)C(=O)C34)C21)Nc1cccc2ccccc12. The van der Waals surface area contributed by atoms with Gasteiger partial charge < -0.3 is 15.0 Å². The fourth-order valence-electron chi connectivity index (χ4n) is 8.77. The van der Waals surface area contributed by atoms with Crippen LogP contribution >= 0.6 is 55.0 Å². The van der Waals surface area contributed by atoms with Gasteiger partial charge in [0, 0.05) is 41.6 Å². The highest BCUT2D eigenvalue weighted by atomic mass is 79.9. The number of thioether (sulfide) groups is 1. The number of anilines is 2. The molecule has 2 saturated carbocycles. The molecule has 49 heavy (non-hydrogen) atoms. The molecule has 0 radical (unpaired) electrons. The molecule has 7 atom stereocenters. The number of carbonyl (C=O) groups excluding carboxylic acids is 3. The van der Waals surface area contributed by atoms with Crippen molar-refractivity contribution in [1.82, 2.24) is 4.98 Å². The van der Waals surface area contributed by atoms with Crippen LogP contribution in [0, 0.1) is 29.6 Å². The van der Waals surface area contributed by atoms with Gasteiger partial charge in [-0.2, -0.15) is 0 Å². The number of aromatic nitrogens is 1. The molecular formula is C37H27Br2N3O5S2. The Morgan fingerprint density at radius 2 is 1.63 bits per heavy atom. The molecule has 0 spiro atoms. The highest BCUT2D eigenvalue weighted by Gasteiger charge is 2.69. The minimum absolute atomic E-state index is 0.0102. The van der Waals surface area contributed by atoms with Gasteiger partial charge in [-0.05, 0) is 78.1 Å². The molecule has 5 aromatic rings. The Hall–Kier alpha value is -3.71. The predicted octanol–water partition coefficient (Wildman–Crippen LogP) is 7.81. The van der Waals surface area contributed by atoms with Gasteiger partial charge >= 0.3 is 4.87 Å². The zero-order valence-electron chi connectivity index (χ0n) is 25.6. The summed E-state index contributed by atoms with van der Waals surface area (Å²) >= 11 is 9.93. The summed E-state index contributed by atoms with van der Waals surface area (Å²) in [6.45, 7) is -0.213. The van der Waals surface area contributed by atoms with Gasteiger partial charge in [-0.15, -0.1) is 11.8 Å². The molecule has 3 heterocycles. The van der Waals surface area contributed by atoms with E-state index in [1.807, 2.05) is 72.8 Å². The minimum Gasteiger partial charge on any atom is -0.483 e. The topological polar surface area (TPSA) is 109 Å². The average Bonchev–Trinajstić information content (AvgIpc) is 3.83. The van der Waals surface area contributed by atoms with Crippen LogP contribution in [0.4, 0.5) is 11.4 Å². The van der Waals surface area contributed by atoms with E-state index in [-0.39, 0.29) is 58.1 Å². The second kappa shape index (κ2) is 12.0. The zero-order valence-corrected chi connectivity index (χ0v) is 30.4. The van der Waals surface area contributed by atoms with Crippen LogP contribution in [0.1, 0.15) is 22.8 Å². The standard InChI is InChI=1S/C37H27Br2N3O5S2/c38-18-8-11-20(12-9-18)42-35(44)30-23-15-24(31(30)36(42)45)32-29(23)28(33-34(48-32)41-37(46)49-33)22-14-19(39)10-13-26(22)47-16-27(43)40-25-7-3-5-17-4-1-2-6-21(17)25/h1-14,23-24,28-32H,15-16H2,(H,40,43)(H,41,46)/t23?,24?,28-,29?,30?,31?,32?/m1/s1. The van der Waals surface area contributed by atoms with E-state index >= 15 is 0 Å². The molecule has 9 rings (SSSR count). The monoisotopic (exact) mass is 815 g/mol. The molecular weight excluding hydrogens is 790 g/mol. The summed E-state index contributed by atoms with van der Waals surface area (Å²) in [6, 6.07) is 26.7. The van der Waals surface area contributed by atoms with Crippen LogP contribution in [0.3, 0.4) is 0 Å². The number of thiazole rings is 1. The molecule has 2 N–H and O–H groups in total. The number of amides is 3. The number of halogens is 2. The van der Waals surface area contributed by atoms with Crippen molar-refractivity contribution < 1.29 is 19.1 Å². The van der Waals surface area contributed by atoms with Crippen LogP contribution in [0.5, 0.6) is 5.75 Å². The summed E-state index contributed by atoms with van der Waals surface area (Å²) in [7, 11) is 0. The first-order chi connectivity index (χ1) is 23.8. The maximum absolute atomic E-state index is 14.1. The Bertz CT molecular complexity index is 2250. The van der Waals surface area contributed by atoms with Crippen molar-refractivity contribution in [2.24, 2.45) is 29.6 Å². The highest BCUT2D eigenvalue weighted by Crippen LogP contribution is 2.69. The molecule has 1 aromatic heterocycles. The number of aromatic amines is 1. The fourth-order valence-corrected chi connectivity index (χ4v) is 12.3. The summed E-state index contributed by atoms with van der Waals surface area (Å²) in [4.78, 5) is 59.4. The summed E-state index contributed by atoms with van der Waals surface area (Å²) in [5.74, 6) is -1.18. The van der Waals surface area contributed by atoms with Crippen LogP contribution in [0.25, 0.3) is 10.8 Å². The molecule has 6 unspecified atom stereocenters. The van der Waals surface area contributed by atoms with Gasteiger partial charge in [-0.1, -0.05) is 79.6 Å². The van der Waals surface area contributed by atoms with Crippen molar-refractivity contribution >= 4 is 94.8 Å². The van der Waals surface area contributed by atoms with Gasteiger partial charge in [-0.25, -0.2) is 0 Å². The molecule has 4 aliphatic rings. The summed E-state index contributed by atoms with van der Waals surface area (Å²) < 4.78 is 8.01. The summed E-state index contributed by atoms with van der Waals surface area (Å²) in [5.41, 5.74) is 2.15. The Balaban J connectivity index is 1.05. The number of carbonyl (C=O) groups is 3. The summed E-state index contributed by atoms with van der Waals surface area (Å²) in [6.07, 6.45) is 0.774. The molecule has 8 nitrogen and oxygen atoms in total. The highest BCUT2D eigenvalue weighted by molar-refractivity contribution is 9.10. The van der Waals surface area contributed by atoms with Crippen LogP contribution < -0.4 is 19.8 Å². The third kappa shape index (κ3) is 5.05. The van der Waals surface area contributed by atoms with Crippen molar-refractivity contribution in [1.29, 1.82) is 0 Å². The number of rotatable bonds is 6. The fraction of sp³-hybridized carbons (Fsp3) is 0.243. The number of fused-ring (bicyclic) bond motifs is 10. The van der Waals surface area contributed by atoms with Gasteiger partial charge in [0.1, 0.15) is 5.75 Å².